The van der Waals surface area contributed by atoms with Gasteiger partial charge in [-0.1, -0.05) is 6.92 Å². The highest BCUT2D eigenvalue weighted by Crippen LogP contribution is 2.27. The van der Waals surface area contributed by atoms with Gasteiger partial charge in [0.05, 0.1) is 5.01 Å². The first-order valence-corrected chi connectivity index (χ1v) is 8.81. The molecule has 1 aromatic rings. The van der Waals surface area contributed by atoms with Gasteiger partial charge in [-0.2, -0.15) is 0 Å². The van der Waals surface area contributed by atoms with E-state index >= 15 is 0 Å². The fourth-order valence-electron chi connectivity index (χ4n) is 3.08. The van der Waals surface area contributed by atoms with Crippen LogP contribution < -0.4 is 5.32 Å². The summed E-state index contributed by atoms with van der Waals surface area (Å²) in [5.41, 5.74) is 1.35. The van der Waals surface area contributed by atoms with E-state index in [2.05, 4.69) is 48.3 Å². The highest BCUT2D eigenvalue weighted by molar-refractivity contribution is 7.09. The first-order valence-electron chi connectivity index (χ1n) is 7.93. The van der Waals surface area contributed by atoms with Crippen molar-refractivity contribution in [2.75, 3.05) is 19.6 Å². The monoisotopic (exact) mass is 295 g/mol. The van der Waals surface area contributed by atoms with Crippen molar-refractivity contribution in [3.05, 3.63) is 16.1 Å². The molecule has 2 rings (SSSR count). The molecule has 1 aromatic heterocycles. The van der Waals surface area contributed by atoms with Crippen molar-refractivity contribution in [3.63, 3.8) is 0 Å². The largest absolute Gasteiger partial charge is 0.312 e. The summed E-state index contributed by atoms with van der Waals surface area (Å²) in [4.78, 5) is 7.31. The van der Waals surface area contributed by atoms with Crippen molar-refractivity contribution in [1.82, 2.24) is 15.2 Å². The van der Waals surface area contributed by atoms with Gasteiger partial charge in [-0.05, 0) is 59.7 Å². The van der Waals surface area contributed by atoms with E-state index < -0.39 is 0 Å². The minimum atomic E-state index is 0.200. The van der Waals surface area contributed by atoms with Gasteiger partial charge < -0.3 is 5.32 Å². The van der Waals surface area contributed by atoms with E-state index in [4.69, 9.17) is 0 Å². The fourth-order valence-corrected chi connectivity index (χ4v) is 3.89. The van der Waals surface area contributed by atoms with Crippen molar-refractivity contribution < 1.29 is 0 Å². The van der Waals surface area contributed by atoms with Crippen LogP contribution in [-0.4, -0.2) is 41.1 Å². The summed E-state index contributed by atoms with van der Waals surface area (Å²) < 4.78 is 0. The predicted octanol–water partition coefficient (Wildman–Crippen LogP) is 3.24. The molecule has 1 N–H and O–H groups in total. The summed E-state index contributed by atoms with van der Waals surface area (Å²) in [7, 11) is 0. The average Bonchev–Trinajstić information content (AvgIpc) is 3.05. The van der Waals surface area contributed by atoms with Crippen molar-refractivity contribution >= 4 is 11.3 Å². The van der Waals surface area contributed by atoms with Gasteiger partial charge in [0.1, 0.15) is 0 Å². The second kappa shape index (κ2) is 7.01. The van der Waals surface area contributed by atoms with Gasteiger partial charge in [-0.15, -0.1) is 11.3 Å². The van der Waals surface area contributed by atoms with Gasteiger partial charge in [0.15, 0.2) is 0 Å². The second-order valence-corrected chi connectivity index (χ2v) is 7.38. The molecule has 0 amide bonds. The summed E-state index contributed by atoms with van der Waals surface area (Å²) in [6, 6.07) is 0.478. The molecule has 0 bridgehead atoms. The Kier molecular flexibility index (Phi) is 5.58. The minimum Gasteiger partial charge on any atom is -0.312 e. The van der Waals surface area contributed by atoms with Crippen molar-refractivity contribution in [1.29, 1.82) is 0 Å². The maximum absolute atomic E-state index is 4.66. The number of nitrogens with zero attached hydrogens (tertiary/aromatic N) is 2. The number of hydrogen-bond donors (Lipinski definition) is 1. The summed E-state index contributed by atoms with van der Waals surface area (Å²) in [5.74, 6) is 0. The normalized spacial score (nSPS) is 18.6. The lowest BCUT2D eigenvalue weighted by Gasteiger charge is -2.42. The summed E-state index contributed by atoms with van der Waals surface area (Å²) in [5, 5.41) is 7.20. The third-order valence-corrected chi connectivity index (χ3v) is 5.45. The molecule has 1 saturated heterocycles. The van der Waals surface area contributed by atoms with Crippen LogP contribution in [0.2, 0.25) is 0 Å². The van der Waals surface area contributed by atoms with Crippen LogP contribution in [0.25, 0.3) is 0 Å². The smallest absolute Gasteiger partial charge is 0.0944 e. The average molecular weight is 295 g/mol. The maximum atomic E-state index is 4.66. The third kappa shape index (κ3) is 3.80. The van der Waals surface area contributed by atoms with Crippen LogP contribution in [0.1, 0.15) is 50.7 Å². The molecule has 4 heteroatoms. The Morgan fingerprint density at radius 2 is 2.10 bits per heavy atom. The zero-order valence-electron chi connectivity index (χ0n) is 13.4. The van der Waals surface area contributed by atoms with Crippen LogP contribution in [0.15, 0.2) is 5.38 Å². The first-order chi connectivity index (χ1) is 9.54. The Morgan fingerprint density at radius 3 is 2.65 bits per heavy atom. The van der Waals surface area contributed by atoms with Gasteiger partial charge in [-0.3, -0.25) is 4.90 Å². The number of hydrogen-bond acceptors (Lipinski definition) is 4. The van der Waals surface area contributed by atoms with E-state index in [0.29, 0.717) is 6.04 Å². The summed E-state index contributed by atoms with van der Waals surface area (Å²) >= 11 is 1.80. The van der Waals surface area contributed by atoms with Gasteiger partial charge in [0, 0.05) is 29.1 Å². The zero-order chi connectivity index (χ0) is 14.6. The van der Waals surface area contributed by atoms with Gasteiger partial charge in [-0.25, -0.2) is 4.98 Å². The molecule has 1 atom stereocenters. The number of aryl methyl sites for hydroxylation is 1. The van der Waals surface area contributed by atoms with Gasteiger partial charge in [0.2, 0.25) is 0 Å². The lowest BCUT2D eigenvalue weighted by molar-refractivity contribution is 0.106. The molecular weight excluding hydrogens is 266 g/mol. The summed E-state index contributed by atoms with van der Waals surface area (Å²) in [6.07, 6.45) is 4.92. The SMILES string of the molecule is CCCNC(Cc1nc(C)cs1)C(C)(C)N1CCCC1. The molecule has 20 heavy (non-hydrogen) atoms. The summed E-state index contributed by atoms with van der Waals surface area (Å²) in [6.45, 7) is 12.7. The molecule has 1 unspecified atom stereocenters. The van der Waals surface area contributed by atoms with Crippen molar-refractivity contribution in [3.8, 4) is 0 Å². The molecule has 114 valence electrons. The highest BCUT2D eigenvalue weighted by atomic mass is 32.1. The van der Waals surface area contributed by atoms with E-state index in [1.807, 2.05) is 0 Å². The molecule has 0 radical (unpaired) electrons. The Hall–Kier alpha value is -0.450. The van der Waals surface area contributed by atoms with E-state index in [-0.39, 0.29) is 5.54 Å². The van der Waals surface area contributed by atoms with Crippen LogP contribution in [-0.2, 0) is 6.42 Å². The molecule has 2 heterocycles. The molecule has 0 spiro atoms. The van der Waals surface area contributed by atoms with Crippen LogP contribution in [0, 0.1) is 6.92 Å². The molecule has 0 saturated carbocycles. The topological polar surface area (TPSA) is 28.2 Å². The quantitative estimate of drug-likeness (QED) is 0.837. The van der Waals surface area contributed by atoms with Crippen molar-refractivity contribution in [2.45, 2.75) is 65.0 Å². The van der Waals surface area contributed by atoms with Crippen LogP contribution in [0.4, 0.5) is 0 Å². The van der Waals surface area contributed by atoms with E-state index in [1.165, 1.54) is 37.4 Å². The zero-order valence-corrected chi connectivity index (χ0v) is 14.2. The Morgan fingerprint density at radius 1 is 1.40 bits per heavy atom. The lowest BCUT2D eigenvalue weighted by Crippen LogP contribution is -2.58. The van der Waals surface area contributed by atoms with Crippen LogP contribution in [0.3, 0.4) is 0 Å². The Balaban J connectivity index is 2.08. The maximum Gasteiger partial charge on any atom is 0.0944 e. The number of rotatable bonds is 7. The predicted molar refractivity (Wildman–Crippen MR) is 87.5 cm³/mol. The van der Waals surface area contributed by atoms with E-state index in [9.17, 15) is 0 Å². The lowest BCUT2D eigenvalue weighted by atomic mass is 9.90. The molecule has 1 fully saturated rings. The number of likely N-dealkylation sites (tertiary alicyclic amines) is 1. The molecule has 0 aliphatic carbocycles. The highest BCUT2D eigenvalue weighted by Gasteiger charge is 2.36. The standard InChI is InChI=1S/C16H29N3S/c1-5-8-17-14(11-15-18-13(2)12-20-15)16(3,4)19-9-6-7-10-19/h12,14,17H,5-11H2,1-4H3. The molecule has 1 aliphatic rings. The van der Waals surface area contributed by atoms with Gasteiger partial charge in [0.25, 0.3) is 0 Å². The second-order valence-electron chi connectivity index (χ2n) is 6.44. The minimum absolute atomic E-state index is 0.200. The Bertz CT molecular complexity index is 408. The fraction of sp³-hybridized carbons (Fsp3) is 0.812. The molecule has 1 aliphatic heterocycles. The Labute approximate surface area is 127 Å². The van der Waals surface area contributed by atoms with Crippen LogP contribution in [0.5, 0.6) is 0 Å². The first kappa shape index (κ1) is 15.9. The third-order valence-electron chi connectivity index (χ3n) is 4.46. The van der Waals surface area contributed by atoms with E-state index in [1.54, 1.807) is 11.3 Å². The number of thiazole rings is 1. The molecule has 3 nitrogen and oxygen atoms in total. The van der Waals surface area contributed by atoms with Crippen molar-refractivity contribution in [2.24, 2.45) is 0 Å². The van der Waals surface area contributed by atoms with Crippen LogP contribution >= 0.6 is 11.3 Å². The molecule has 0 aromatic carbocycles. The molecular formula is C16H29N3S. The van der Waals surface area contributed by atoms with Gasteiger partial charge >= 0.3 is 0 Å². The number of aromatic nitrogens is 1. The van der Waals surface area contributed by atoms with E-state index in [0.717, 1.165) is 18.7 Å². The number of nitrogens with one attached hydrogen (secondary N) is 1.